The minimum atomic E-state index is -1.19. The smallest absolute Gasteiger partial charge is 0.307 e. The summed E-state index contributed by atoms with van der Waals surface area (Å²) in [7, 11) is 0. The summed E-state index contributed by atoms with van der Waals surface area (Å²) in [5.74, 6) is -2.05. The lowest BCUT2D eigenvalue weighted by Gasteiger charge is -2.07. The van der Waals surface area contributed by atoms with Crippen LogP contribution in [-0.4, -0.2) is 4.92 Å². The van der Waals surface area contributed by atoms with Crippen molar-refractivity contribution < 1.29 is 13.7 Å². The van der Waals surface area contributed by atoms with Crippen LogP contribution in [0.4, 0.5) is 20.2 Å². The van der Waals surface area contributed by atoms with Crippen molar-refractivity contribution in [3.05, 3.63) is 54.7 Å². The Balaban J connectivity index is 2.23. The highest BCUT2D eigenvalue weighted by molar-refractivity contribution is 9.10. The number of thiophene rings is 1. The predicted octanol–water partition coefficient (Wildman–Crippen LogP) is 4.31. The van der Waals surface area contributed by atoms with Crippen LogP contribution in [-0.2, 0) is 6.54 Å². The number of rotatable bonds is 4. The lowest BCUT2D eigenvalue weighted by atomic mass is 10.2. The molecular weight excluding hydrogens is 342 g/mol. The number of nitrogens with one attached hydrogen (secondary N) is 1. The predicted molar refractivity (Wildman–Crippen MR) is 72.4 cm³/mol. The Morgan fingerprint density at radius 3 is 2.68 bits per heavy atom. The second-order valence-electron chi connectivity index (χ2n) is 3.59. The fraction of sp³-hybridized carbons (Fsp3) is 0.0909. The number of nitro benzene ring substituents is 1. The molecule has 0 amide bonds. The molecule has 19 heavy (non-hydrogen) atoms. The average molecular weight is 349 g/mol. The second kappa shape index (κ2) is 5.62. The molecule has 0 spiro atoms. The summed E-state index contributed by atoms with van der Waals surface area (Å²) in [6.45, 7) is 0.290. The van der Waals surface area contributed by atoms with Crippen molar-refractivity contribution in [1.82, 2.24) is 0 Å². The standard InChI is InChI=1S/C11H7BrF2N2O2S/c12-6-1-2-19-11(6)5-15-9-4-10(16(17)18)8(14)3-7(9)13/h1-4,15H,5H2. The van der Waals surface area contributed by atoms with Gasteiger partial charge in [0, 0.05) is 21.5 Å². The zero-order valence-electron chi connectivity index (χ0n) is 9.32. The van der Waals surface area contributed by atoms with Crippen molar-refractivity contribution in [2.75, 3.05) is 5.32 Å². The number of nitrogens with zero attached hydrogens (tertiary/aromatic N) is 1. The van der Waals surface area contributed by atoms with E-state index in [4.69, 9.17) is 0 Å². The zero-order chi connectivity index (χ0) is 14.0. The monoisotopic (exact) mass is 348 g/mol. The van der Waals surface area contributed by atoms with Gasteiger partial charge in [-0.05, 0) is 27.4 Å². The molecule has 1 heterocycles. The second-order valence-corrected chi connectivity index (χ2v) is 5.44. The molecule has 0 atom stereocenters. The van der Waals surface area contributed by atoms with Gasteiger partial charge in [-0.15, -0.1) is 11.3 Å². The number of halogens is 3. The summed E-state index contributed by atoms with van der Waals surface area (Å²) in [5.41, 5.74) is -0.859. The van der Waals surface area contributed by atoms with Crippen LogP contribution in [0.2, 0.25) is 0 Å². The number of hydrogen-bond acceptors (Lipinski definition) is 4. The third-order valence-corrected chi connectivity index (χ3v) is 4.29. The molecule has 8 heteroatoms. The van der Waals surface area contributed by atoms with Crippen LogP contribution >= 0.6 is 27.3 Å². The molecule has 100 valence electrons. The van der Waals surface area contributed by atoms with Gasteiger partial charge in [0.15, 0.2) is 0 Å². The SMILES string of the molecule is O=[N+]([O-])c1cc(NCc2sccc2Br)c(F)cc1F. The number of hydrogen-bond donors (Lipinski definition) is 1. The molecule has 0 unspecified atom stereocenters. The van der Waals surface area contributed by atoms with Crippen molar-refractivity contribution >= 4 is 38.6 Å². The lowest BCUT2D eigenvalue weighted by Crippen LogP contribution is -2.03. The van der Waals surface area contributed by atoms with Gasteiger partial charge in [0.1, 0.15) is 5.82 Å². The fourth-order valence-electron chi connectivity index (χ4n) is 1.44. The molecule has 0 aliphatic heterocycles. The first-order chi connectivity index (χ1) is 8.99. The summed E-state index contributed by atoms with van der Waals surface area (Å²) < 4.78 is 27.5. The minimum absolute atomic E-state index is 0.103. The molecule has 2 rings (SSSR count). The zero-order valence-corrected chi connectivity index (χ0v) is 11.7. The number of benzene rings is 1. The Bertz CT molecular complexity index is 633. The van der Waals surface area contributed by atoms with Crippen molar-refractivity contribution in [3.8, 4) is 0 Å². The first-order valence-corrected chi connectivity index (χ1v) is 6.75. The largest absolute Gasteiger partial charge is 0.378 e. The highest BCUT2D eigenvalue weighted by Crippen LogP contribution is 2.27. The van der Waals surface area contributed by atoms with Crippen LogP contribution in [0, 0.1) is 21.7 Å². The molecular formula is C11H7BrF2N2O2S. The Morgan fingerprint density at radius 1 is 1.37 bits per heavy atom. The summed E-state index contributed by atoms with van der Waals surface area (Å²) in [4.78, 5) is 10.6. The molecule has 4 nitrogen and oxygen atoms in total. The van der Waals surface area contributed by atoms with Crippen molar-refractivity contribution in [2.45, 2.75) is 6.54 Å². The van der Waals surface area contributed by atoms with E-state index in [0.29, 0.717) is 6.07 Å². The van der Waals surface area contributed by atoms with E-state index < -0.39 is 22.2 Å². The van der Waals surface area contributed by atoms with Crippen LogP contribution in [0.1, 0.15) is 4.88 Å². The van der Waals surface area contributed by atoms with Crippen LogP contribution in [0.25, 0.3) is 0 Å². The summed E-state index contributed by atoms with van der Waals surface area (Å²) in [6.07, 6.45) is 0. The molecule has 1 aromatic heterocycles. The van der Waals surface area contributed by atoms with Gasteiger partial charge in [0.2, 0.25) is 5.82 Å². The van der Waals surface area contributed by atoms with Crippen LogP contribution in [0.15, 0.2) is 28.1 Å². The molecule has 0 saturated heterocycles. The van der Waals surface area contributed by atoms with Gasteiger partial charge in [-0.2, -0.15) is 4.39 Å². The molecule has 0 radical (unpaired) electrons. The number of nitro groups is 1. The minimum Gasteiger partial charge on any atom is -0.378 e. The van der Waals surface area contributed by atoms with Crippen LogP contribution < -0.4 is 5.32 Å². The highest BCUT2D eigenvalue weighted by atomic mass is 79.9. The van der Waals surface area contributed by atoms with E-state index in [9.17, 15) is 18.9 Å². The Kier molecular flexibility index (Phi) is 4.11. The molecule has 0 aliphatic carbocycles. The van der Waals surface area contributed by atoms with Gasteiger partial charge >= 0.3 is 5.69 Å². The molecule has 0 aliphatic rings. The van der Waals surface area contributed by atoms with Gasteiger partial charge in [-0.3, -0.25) is 10.1 Å². The van der Waals surface area contributed by atoms with Gasteiger partial charge < -0.3 is 5.32 Å². The fourth-order valence-corrected chi connectivity index (χ4v) is 2.87. The van der Waals surface area contributed by atoms with Crippen molar-refractivity contribution in [1.29, 1.82) is 0 Å². The first-order valence-electron chi connectivity index (χ1n) is 5.08. The highest BCUT2D eigenvalue weighted by Gasteiger charge is 2.18. The molecule has 0 saturated carbocycles. The Hall–Kier alpha value is -1.54. The average Bonchev–Trinajstić information content (AvgIpc) is 2.73. The third-order valence-electron chi connectivity index (χ3n) is 2.36. The lowest BCUT2D eigenvalue weighted by molar-refractivity contribution is -0.387. The number of anilines is 1. The maximum atomic E-state index is 13.5. The van der Waals surface area contributed by atoms with E-state index in [1.54, 1.807) is 0 Å². The first kappa shape index (κ1) is 13.9. The molecule has 0 bridgehead atoms. The molecule has 1 N–H and O–H groups in total. The van der Waals surface area contributed by atoms with E-state index in [-0.39, 0.29) is 12.2 Å². The van der Waals surface area contributed by atoms with Gasteiger partial charge in [0.25, 0.3) is 0 Å². The van der Waals surface area contributed by atoms with Gasteiger partial charge in [-0.25, -0.2) is 4.39 Å². The summed E-state index contributed by atoms with van der Waals surface area (Å²) in [6, 6.07) is 3.20. The third kappa shape index (κ3) is 3.07. The van der Waals surface area contributed by atoms with Gasteiger partial charge in [-0.1, -0.05) is 0 Å². The Labute approximate surface area is 119 Å². The topological polar surface area (TPSA) is 55.2 Å². The quantitative estimate of drug-likeness (QED) is 0.661. The van der Waals surface area contributed by atoms with Crippen LogP contribution in [0.5, 0.6) is 0 Å². The van der Waals surface area contributed by atoms with E-state index >= 15 is 0 Å². The maximum absolute atomic E-state index is 13.5. The molecule has 0 fully saturated rings. The summed E-state index contributed by atoms with van der Waals surface area (Å²) in [5, 5.41) is 15.1. The van der Waals surface area contributed by atoms with Crippen molar-refractivity contribution in [2.24, 2.45) is 0 Å². The normalized spacial score (nSPS) is 10.5. The van der Waals surface area contributed by atoms with Crippen molar-refractivity contribution in [3.63, 3.8) is 0 Å². The van der Waals surface area contributed by atoms with Gasteiger partial charge in [0.05, 0.1) is 17.2 Å². The maximum Gasteiger partial charge on any atom is 0.307 e. The van der Waals surface area contributed by atoms with E-state index in [0.717, 1.165) is 15.4 Å². The van der Waals surface area contributed by atoms with E-state index in [2.05, 4.69) is 21.2 Å². The molecule has 1 aromatic carbocycles. The van der Waals surface area contributed by atoms with Crippen LogP contribution in [0.3, 0.4) is 0 Å². The molecule has 2 aromatic rings. The summed E-state index contributed by atoms with van der Waals surface area (Å²) >= 11 is 4.76. The Morgan fingerprint density at radius 2 is 2.11 bits per heavy atom. The van der Waals surface area contributed by atoms with E-state index in [1.807, 2.05) is 11.4 Å². The van der Waals surface area contributed by atoms with E-state index in [1.165, 1.54) is 11.3 Å².